The lowest BCUT2D eigenvalue weighted by molar-refractivity contribution is -0.137. The summed E-state index contributed by atoms with van der Waals surface area (Å²) in [7, 11) is -3.86. The molecule has 1 heterocycles. The summed E-state index contributed by atoms with van der Waals surface area (Å²) < 4.78 is 63.6. The average molecular weight is 311 g/mol. The third-order valence-electron chi connectivity index (χ3n) is 2.92. The van der Waals surface area contributed by atoms with Crippen LogP contribution in [0.5, 0.6) is 0 Å². The van der Waals surface area contributed by atoms with Crippen molar-refractivity contribution >= 4 is 22.7 Å². The van der Waals surface area contributed by atoms with E-state index in [0.29, 0.717) is 19.2 Å². The number of thiol groups is 1. The lowest BCUT2D eigenvalue weighted by Gasteiger charge is -2.17. The Labute approximate surface area is 114 Å². The molecule has 2 rings (SSSR count). The molecule has 1 aromatic rings. The molecule has 0 aromatic heterocycles. The first-order chi connectivity index (χ1) is 8.71. The second-order valence-electron chi connectivity index (χ2n) is 4.32. The van der Waals surface area contributed by atoms with E-state index in [9.17, 15) is 21.6 Å². The number of hydrogen-bond donors (Lipinski definition) is 1. The highest BCUT2D eigenvalue weighted by atomic mass is 32.2. The van der Waals surface area contributed by atoms with Crippen LogP contribution in [-0.4, -0.2) is 25.8 Å². The van der Waals surface area contributed by atoms with Crippen molar-refractivity contribution in [3.63, 3.8) is 0 Å². The molecule has 0 amide bonds. The summed E-state index contributed by atoms with van der Waals surface area (Å²) in [6, 6.07) is 2.62. The number of hydrogen-bond acceptors (Lipinski definition) is 3. The third kappa shape index (κ3) is 3.06. The van der Waals surface area contributed by atoms with Crippen molar-refractivity contribution < 1.29 is 21.6 Å². The van der Waals surface area contributed by atoms with Crippen LogP contribution in [0.2, 0.25) is 0 Å². The Hall–Kier alpha value is -0.730. The minimum absolute atomic E-state index is 0.0207. The lowest BCUT2D eigenvalue weighted by atomic mass is 10.2. The van der Waals surface area contributed by atoms with Gasteiger partial charge in [0.2, 0.25) is 10.0 Å². The highest BCUT2D eigenvalue weighted by Gasteiger charge is 2.34. The van der Waals surface area contributed by atoms with Crippen LogP contribution in [0.15, 0.2) is 28.0 Å². The van der Waals surface area contributed by atoms with Crippen LogP contribution in [0.4, 0.5) is 13.2 Å². The van der Waals surface area contributed by atoms with Crippen LogP contribution in [0.1, 0.15) is 18.4 Å². The molecule has 0 N–H and O–H groups in total. The van der Waals surface area contributed by atoms with Crippen molar-refractivity contribution in [3.05, 3.63) is 23.8 Å². The second-order valence-corrected chi connectivity index (χ2v) is 6.78. The van der Waals surface area contributed by atoms with Gasteiger partial charge in [-0.1, -0.05) is 0 Å². The zero-order valence-electron chi connectivity index (χ0n) is 9.81. The zero-order chi connectivity index (χ0) is 14.3. The van der Waals surface area contributed by atoms with Crippen LogP contribution in [0.25, 0.3) is 0 Å². The van der Waals surface area contributed by atoms with Crippen LogP contribution in [0, 0.1) is 0 Å². The van der Waals surface area contributed by atoms with E-state index in [1.165, 1.54) is 4.31 Å². The van der Waals surface area contributed by atoms with Gasteiger partial charge in [0.15, 0.2) is 0 Å². The van der Waals surface area contributed by atoms with Gasteiger partial charge >= 0.3 is 6.18 Å². The van der Waals surface area contributed by atoms with Gasteiger partial charge < -0.3 is 0 Å². The molecule has 1 saturated heterocycles. The van der Waals surface area contributed by atoms with E-state index in [-0.39, 0.29) is 9.79 Å². The monoisotopic (exact) mass is 311 g/mol. The first-order valence-electron chi connectivity index (χ1n) is 5.63. The summed E-state index contributed by atoms with van der Waals surface area (Å²) in [5, 5.41) is 0. The van der Waals surface area contributed by atoms with E-state index in [2.05, 4.69) is 12.6 Å². The fourth-order valence-corrected chi connectivity index (χ4v) is 3.93. The Morgan fingerprint density at radius 2 is 1.68 bits per heavy atom. The van der Waals surface area contributed by atoms with E-state index in [1.807, 2.05) is 0 Å². The first kappa shape index (κ1) is 14.7. The molecule has 0 radical (unpaired) electrons. The normalized spacial score (nSPS) is 17.9. The maximum absolute atomic E-state index is 12.7. The SMILES string of the molecule is O=S(=O)(c1cc(S)cc(C(F)(F)F)c1)N1CCCC1. The molecule has 0 atom stereocenters. The Bertz CT molecular complexity index is 578. The molecule has 106 valence electrons. The van der Waals surface area contributed by atoms with Gasteiger partial charge in [-0.15, -0.1) is 12.6 Å². The van der Waals surface area contributed by atoms with Crippen LogP contribution in [-0.2, 0) is 16.2 Å². The van der Waals surface area contributed by atoms with Crippen LogP contribution in [0.3, 0.4) is 0 Å². The molecule has 0 bridgehead atoms. The molecule has 0 unspecified atom stereocenters. The summed E-state index contributed by atoms with van der Waals surface area (Å²) in [5.41, 5.74) is -1.00. The van der Waals surface area contributed by atoms with Crippen molar-refractivity contribution in [1.29, 1.82) is 0 Å². The van der Waals surface area contributed by atoms with E-state index in [4.69, 9.17) is 0 Å². The van der Waals surface area contributed by atoms with Crippen molar-refractivity contribution in [1.82, 2.24) is 4.31 Å². The summed E-state index contributed by atoms with van der Waals surface area (Å²) in [4.78, 5) is -0.373. The molecule has 1 aliphatic rings. The molecule has 0 spiro atoms. The van der Waals surface area contributed by atoms with Gasteiger partial charge in [-0.3, -0.25) is 0 Å². The second kappa shape index (κ2) is 4.99. The number of alkyl halides is 3. The molecular weight excluding hydrogens is 299 g/mol. The average Bonchev–Trinajstić information content (AvgIpc) is 2.80. The van der Waals surface area contributed by atoms with Gasteiger partial charge in [0.25, 0.3) is 0 Å². The van der Waals surface area contributed by atoms with Gasteiger partial charge in [-0.2, -0.15) is 17.5 Å². The molecular formula is C11H12F3NO2S2. The lowest BCUT2D eigenvalue weighted by Crippen LogP contribution is -2.28. The van der Waals surface area contributed by atoms with E-state index < -0.39 is 21.8 Å². The summed E-state index contributed by atoms with van der Waals surface area (Å²) in [5.74, 6) is 0. The Balaban J connectivity index is 2.48. The van der Waals surface area contributed by atoms with Crippen molar-refractivity contribution in [2.45, 2.75) is 28.8 Å². The van der Waals surface area contributed by atoms with Gasteiger partial charge in [0.05, 0.1) is 10.5 Å². The van der Waals surface area contributed by atoms with Crippen LogP contribution >= 0.6 is 12.6 Å². The molecule has 1 aromatic carbocycles. The highest BCUT2D eigenvalue weighted by molar-refractivity contribution is 7.89. The fraction of sp³-hybridized carbons (Fsp3) is 0.455. The fourth-order valence-electron chi connectivity index (χ4n) is 1.97. The van der Waals surface area contributed by atoms with Crippen molar-refractivity contribution in [3.8, 4) is 0 Å². The number of sulfonamides is 1. The minimum atomic E-state index is -4.59. The molecule has 1 aliphatic heterocycles. The van der Waals surface area contributed by atoms with E-state index >= 15 is 0 Å². The summed E-state index contributed by atoms with van der Waals surface area (Å²) >= 11 is 3.85. The molecule has 1 fully saturated rings. The van der Waals surface area contributed by atoms with Gasteiger partial charge in [-0.25, -0.2) is 8.42 Å². The molecule has 8 heteroatoms. The Morgan fingerprint density at radius 1 is 1.11 bits per heavy atom. The molecule has 0 aliphatic carbocycles. The molecule has 0 saturated carbocycles. The smallest absolute Gasteiger partial charge is 0.207 e. The largest absolute Gasteiger partial charge is 0.416 e. The quantitative estimate of drug-likeness (QED) is 0.853. The van der Waals surface area contributed by atoms with Gasteiger partial charge in [0, 0.05) is 18.0 Å². The number of benzene rings is 1. The maximum Gasteiger partial charge on any atom is 0.416 e. The predicted molar refractivity (Wildman–Crippen MR) is 66.7 cm³/mol. The van der Waals surface area contributed by atoms with E-state index in [0.717, 1.165) is 25.0 Å². The highest BCUT2D eigenvalue weighted by Crippen LogP contribution is 2.33. The number of halogens is 3. The summed E-state index contributed by atoms with van der Waals surface area (Å²) in [6.07, 6.45) is -3.13. The van der Waals surface area contributed by atoms with Gasteiger partial charge in [0.1, 0.15) is 0 Å². The standard InChI is InChI=1S/C11H12F3NO2S2/c12-11(13,14)8-5-9(18)7-10(6-8)19(16,17)15-3-1-2-4-15/h5-7,18H,1-4H2. The minimum Gasteiger partial charge on any atom is -0.207 e. The molecule has 3 nitrogen and oxygen atoms in total. The predicted octanol–water partition coefficient (Wildman–Crippen LogP) is 2.78. The van der Waals surface area contributed by atoms with Crippen molar-refractivity contribution in [2.75, 3.05) is 13.1 Å². The molecule has 19 heavy (non-hydrogen) atoms. The maximum atomic E-state index is 12.7. The third-order valence-corrected chi connectivity index (χ3v) is 5.06. The topological polar surface area (TPSA) is 37.4 Å². The van der Waals surface area contributed by atoms with E-state index in [1.54, 1.807) is 0 Å². The number of nitrogens with zero attached hydrogens (tertiary/aromatic N) is 1. The first-order valence-corrected chi connectivity index (χ1v) is 7.51. The van der Waals surface area contributed by atoms with Gasteiger partial charge in [-0.05, 0) is 31.0 Å². The van der Waals surface area contributed by atoms with Crippen LogP contribution < -0.4 is 0 Å². The number of rotatable bonds is 2. The zero-order valence-corrected chi connectivity index (χ0v) is 11.5. The summed E-state index contributed by atoms with van der Waals surface area (Å²) in [6.45, 7) is 0.695. The van der Waals surface area contributed by atoms with Crippen molar-refractivity contribution in [2.24, 2.45) is 0 Å². The Kier molecular flexibility index (Phi) is 3.85. The Morgan fingerprint density at radius 3 is 2.21 bits per heavy atom.